The third kappa shape index (κ3) is 3.07. The van der Waals surface area contributed by atoms with Crippen LogP contribution < -0.4 is 10.1 Å². The van der Waals surface area contributed by atoms with Gasteiger partial charge in [-0.2, -0.15) is 0 Å². The molecule has 124 valence electrons. The number of amides is 1. The van der Waals surface area contributed by atoms with Crippen molar-refractivity contribution in [1.29, 1.82) is 0 Å². The summed E-state index contributed by atoms with van der Waals surface area (Å²) >= 11 is 0. The monoisotopic (exact) mass is 316 g/mol. The third-order valence-electron chi connectivity index (χ3n) is 5.22. The molecular weight excluding hydrogens is 292 g/mol. The maximum Gasteiger partial charge on any atom is 0.270 e. The van der Waals surface area contributed by atoms with Crippen LogP contribution in [0.1, 0.15) is 61.5 Å². The summed E-state index contributed by atoms with van der Waals surface area (Å²) in [6.07, 6.45) is 4.91. The minimum atomic E-state index is -0.303. The van der Waals surface area contributed by atoms with Crippen molar-refractivity contribution in [2.45, 2.75) is 57.1 Å². The van der Waals surface area contributed by atoms with Crippen molar-refractivity contribution in [3.8, 4) is 5.88 Å². The summed E-state index contributed by atoms with van der Waals surface area (Å²) in [5.74, 6) is 1.75. The SMILES string of the molecule is CC1OC[C@]1(C)NC(=O)c1ccc(C2CC2)c(OCC2CC2)n1. The van der Waals surface area contributed by atoms with Crippen LogP contribution in [0, 0.1) is 5.92 Å². The number of nitrogens with one attached hydrogen (secondary N) is 1. The second-order valence-electron chi connectivity index (χ2n) is 7.44. The van der Waals surface area contributed by atoms with Crippen LogP contribution >= 0.6 is 0 Å². The first-order valence-corrected chi connectivity index (χ1v) is 8.63. The van der Waals surface area contributed by atoms with E-state index in [9.17, 15) is 4.79 Å². The molecule has 0 bridgehead atoms. The Labute approximate surface area is 136 Å². The van der Waals surface area contributed by atoms with Crippen molar-refractivity contribution < 1.29 is 14.3 Å². The molecule has 2 saturated carbocycles. The zero-order valence-corrected chi connectivity index (χ0v) is 13.8. The van der Waals surface area contributed by atoms with Gasteiger partial charge in [0.25, 0.3) is 5.91 Å². The molecule has 1 aromatic heterocycles. The van der Waals surface area contributed by atoms with E-state index in [4.69, 9.17) is 9.47 Å². The molecule has 0 aromatic carbocycles. The molecule has 1 unspecified atom stereocenters. The Bertz CT molecular complexity index is 625. The average molecular weight is 316 g/mol. The Balaban J connectivity index is 1.50. The highest BCUT2D eigenvalue weighted by Gasteiger charge is 2.43. The second-order valence-corrected chi connectivity index (χ2v) is 7.44. The molecule has 1 aliphatic heterocycles. The van der Waals surface area contributed by atoms with Gasteiger partial charge in [-0.3, -0.25) is 4.79 Å². The number of carbonyl (C=O) groups is 1. The van der Waals surface area contributed by atoms with Gasteiger partial charge in [0.15, 0.2) is 0 Å². The van der Waals surface area contributed by atoms with E-state index in [2.05, 4.69) is 10.3 Å². The van der Waals surface area contributed by atoms with Gasteiger partial charge in [0.2, 0.25) is 5.88 Å². The summed E-state index contributed by atoms with van der Waals surface area (Å²) in [5.41, 5.74) is 1.29. The van der Waals surface area contributed by atoms with Gasteiger partial charge in [0.05, 0.1) is 24.9 Å². The number of nitrogens with zero attached hydrogens (tertiary/aromatic N) is 1. The largest absolute Gasteiger partial charge is 0.477 e. The number of hydrogen-bond acceptors (Lipinski definition) is 4. The van der Waals surface area contributed by atoms with E-state index >= 15 is 0 Å². The van der Waals surface area contributed by atoms with Crippen molar-refractivity contribution in [3.63, 3.8) is 0 Å². The quantitative estimate of drug-likeness (QED) is 0.876. The van der Waals surface area contributed by atoms with Crippen LogP contribution in [0.4, 0.5) is 0 Å². The lowest BCUT2D eigenvalue weighted by atomic mass is 9.91. The predicted octanol–water partition coefficient (Wildman–Crippen LogP) is 2.66. The summed E-state index contributed by atoms with van der Waals surface area (Å²) in [6.45, 7) is 5.24. The number of rotatable bonds is 6. The molecule has 2 aliphatic carbocycles. The van der Waals surface area contributed by atoms with Gasteiger partial charge >= 0.3 is 0 Å². The summed E-state index contributed by atoms with van der Waals surface area (Å²) in [7, 11) is 0. The van der Waals surface area contributed by atoms with E-state index in [0.717, 1.165) is 12.2 Å². The van der Waals surface area contributed by atoms with E-state index in [1.807, 2.05) is 26.0 Å². The number of aromatic nitrogens is 1. The molecule has 0 radical (unpaired) electrons. The molecule has 3 fully saturated rings. The van der Waals surface area contributed by atoms with Gasteiger partial charge in [-0.1, -0.05) is 6.07 Å². The van der Waals surface area contributed by atoms with Gasteiger partial charge in [-0.25, -0.2) is 4.98 Å². The number of carbonyl (C=O) groups excluding carboxylic acids is 1. The Morgan fingerprint density at radius 3 is 2.74 bits per heavy atom. The van der Waals surface area contributed by atoms with Crippen LogP contribution in [0.2, 0.25) is 0 Å². The lowest BCUT2D eigenvalue weighted by Gasteiger charge is -2.45. The number of pyridine rings is 1. The van der Waals surface area contributed by atoms with Crippen LogP contribution in [0.15, 0.2) is 12.1 Å². The highest BCUT2D eigenvalue weighted by molar-refractivity contribution is 5.93. The number of ether oxygens (including phenoxy) is 2. The zero-order valence-electron chi connectivity index (χ0n) is 13.8. The maximum atomic E-state index is 12.5. The topological polar surface area (TPSA) is 60.5 Å². The van der Waals surface area contributed by atoms with Gasteiger partial charge in [-0.05, 0) is 57.4 Å². The van der Waals surface area contributed by atoms with E-state index in [-0.39, 0.29) is 17.6 Å². The molecule has 23 heavy (non-hydrogen) atoms. The molecule has 5 heteroatoms. The van der Waals surface area contributed by atoms with Crippen molar-refractivity contribution in [2.24, 2.45) is 5.92 Å². The maximum absolute atomic E-state index is 12.5. The molecule has 1 aromatic rings. The van der Waals surface area contributed by atoms with Crippen molar-refractivity contribution in [3.05, 3.63) is 23.4 Å². The third-order valence-corrected chi connectivity index (χ3v) is 5.22. The normalized spacial score (nSPS) is 29.7. The minimum absolute atomic E-state index is 0.0303. The molecule has 5 nitrogen and oxygen atoms in total. The van der Waals surface area contributed by atoms with E-state index < -0.39 is 0 Å². The van der Waals surface area contributed by atoms with Gasteiger partial charge in [0.1, 0.15) is 5.69 Å². The molecule has 4 rings (SSSR count). The standard InChI is InChI=1S/C18H24N2O3/c1-11-18(2,10-23-11)20-16(21)15-8-7-14(13-5-6-13)17(19-15)22-9-12-3-4-12/h7-8,11-13H,3-6,9-10H2,1-2H3,(H,20,21)/t11?,18-/m0/s1. The lowest BCUT2D eigenvalue weighted by molar-refractivity contribution is -0.125. The number of hydrogen-bond donors (Lipinski definition) is 1. The first-order valence-electron chi connectivity index (χ1n) is 8.63. The van der Waals surface area contributed by atoms with Crippen LogP contribution in [-0.4, -0.2) is 35.7 Å². The predicted molar refractivity (Wildman–Crippen MR) is 85.7 cm³/mol. The van der Waals surface area contributed by atoms with Crippen molar-refractivity contribution in [1.82, 2.24) is 10.3 Å². The molecular formula is C18H24N2O3. The Kier molecular flexibility index (Phi) is 3.56. The summed E-state index contributed by atoms with van der Waals surface area (Å²) in [6, 6.07) is 3.84. The van der Waals surface area contributed by atoms with Crippen LogP contribution in [0.5, 0.6) is 5.88 Å². The zero-order chi connectivity index (χ0) is 16.0. The van der Waals surface area contributed by atoms with Gasteiger partial charge in [0, 0.05) is 5.56 Å². The smallest absolute Gasteiger partial charge is 0.270 e. The Morgan fingerprint density at radius 2 is 2.17 bits per heavy atom. The van der Waals surface area contributed by atoms with Crippen LogP contribution in [0.3, 0.4) is 0 Å². The summed E-state index contributed by atoms with van der Waals surface area (Å²) in [4.78, 5) is 17.0. The molecule has 2 atom stereocenters. The average Bonchev–Trinajstić information content (AvgIpc) is 3.44. The first kappa shape index (κ1) is 14.9. The first-order chi connectivity index (χ1) is 11.0. The second kappa shape index (κ2) is 5.48. The minimum Gasteiger partial charge on any atom is -0.477 e. The van der Waals surface area contributed by atoms with E-state index in [1.54, 1.807) is 0 Å². The van der Waals surface area contributed by atoms with Gasteiger partial charge < -0.3 is 14.8 Å². The Hall–Kier alpha value is -1.62. The molecule has 2 heterocycles. The fourth-order valence-corrected chi connectivity index (χ4v) is 2.84. The fraction of sp³-hybridized carbons (Fsp3) is 0.667. The lowest BCUT2D eigenvalue weighted by Crippen LogP contribution is -2.65. The molecule has 3 aliphatic rings. The molecule has 1 saturated heterocycles. The van der Waals surface area contributed by atoms with Crippen molar-refractivity contribution in [2.75, 3.05) is 13.2 Å². The summed E-state index contributed by atoms with van der Waals surface area (Å²) < 4.78 is 11.3. The van der Waals surface area contributed by atoms with Crippen LogP contribution in [0.25, 0.3) is 0 Å². The molecule has 1 amide bonds. The van der Waals surface area contributed by atoms with E-state index in [1.165, 1.54) is 25.7 Å². The molecule has 0 spiro atoms. The summed E-state index contributed by atoms with van der Waals surface area (Å²) in [5, 5.41) is 3.05. The highest BCUT2D eigenvalue weighted by atomic mass is 16.5. The Morgan fingerprint density at radius 1 is 1.39 bits per heavy atom. The van der Waals surface area contributed by atoms with Crippen molar-refractivity contribution >= 4 is 5.91 Å². The highest BCUT2D eigenvalue weighted by Crippen LogP contribution is 2.44. The molecule has 1 N–H and O–H groups in total. The van der Waals surface area contributed by atoms with Crippen LogP contribution in [-0.2, 0) is 4.74 Å². The fourth-order valence-electron chi connectivity index (χ4n) is 2.84. The van der Waals surface area contributed by atoms with E-state index in [0.29, 0.717) is 30.0 Å². The van der Waals surface area contributed by atoms with Gasteiger partial charge in [-0.15, -0.1) is 0 Å².